The third kappa shape index (κ3) is 4.63. The summed E-state index contributed by atoms with van der Waals surface area (Å²) in [5.41, 5.74) is 3.00. The van der Waals surface area contributed by atoms with Crippen LogP contribution in [0, 0.1) is 0 Å². The second-order valence-electron chi connectivity index (χ2n) is 9.02. The van der Waals surface area contributed by atoms with Gasteiger partial charge in [0, 0.05) is 44.0 Å². The highest BCUT2D eigenvalue weighted by atomic mass is 32.1. The molecule has 0 atom stereocenters. The van der Waals surface area contributed by atoms with Crippen LogP contribution in [0.4, 0.5) is 5.82 Å². The summed E-state index contributed by atoms with van der Waals surface area (Å²) in [5, 5.41) is 1.39. The molecule has 5 heteroatoms. The van der Waals surface area contributed by atoms with Crippen LogP contribution in [0.1, 0.15) is 54.4 Å². The Labute approximate surface area is 190 Å². The molecule has 2 aromatic heterocycles. The summed E-state index contributed by atoms with van der Waals surface area (Å²) in [7, 11) is 0. The Bertz CT molecular complexity index is 1010. The number of nitrogens with zero attached hydrogens (tertiary/aromatic N) is 4. The van der Waals surface area contributed by atoms with E-state index in [9.17, 15) is 0 Å². The van der Waals surface area contributed by atoms with Gasteiger partial charge < -0.3 is 4.90 Å². The van der Waals surface area contributed by atoms with Gasteiger partial charge >= 0.3 is 0 Å². The van der Waals surface area contributed by atoms with Crippen LogP contribution in [-0.2, 0) is 25.7 Å². The number of benzene rings is 1. The van der Waals surface area contributed by atoms with Crippen LogP contribution in [0.3, 0.4) is 0 Å². The summed E-state index contributed by atoms with van der Waals surface area (Å²) in [5.74, 6) is 2.28. The largest absolute Gasteiger partial charge is 0.353 e. The van der Waals surface area contributed by atoms with E-state index in [0.717, 1.165) is 51.4 Å². The molecule has 3 aromatic rings. The van der Waals surface area contributed by atoms with Gasteiger partial charge in [-0.2, -0.15) is 0 Å². The summed E-state index contributed by atoms with van der Waals surface area (Å²) < 4.78 is 0. The summed E-state index contributed by atoms with van der Waals surface area (Å²) >= 11 is 1.94. The fourth-order valence-electron chi connectivity index (χ4n) is 4.97. The van der Waals surface area contributed by atoms with Gasteiger partial charge in [0.15, 0.2) is 0 Å². The van der Waals surface area contributed by atoms with Crippen molar-refractivity contribution in [1.82, 2.24) is 14.9 Å². The molecule has 0 N–H and O–H groups in total. The molecule has 0 bridgehead atoms. The number of hydrogen-bond acceptors (Lipinski definition) is 5. The maximum atomic E-state index is 5.16. The van der Waals surface area contributed by atoms with Crippen LogP contribution in [0.25, 0.3) is 10.2 Å². The maximum Gasteiger partial charge on any atom is 0.141 e. The van der Waals surface area contributed by atoms with Crippen LogP contribution in [0.5, 0.6) is 0 Å². The van der Waals surface area contributed by atoms with Crippen LogP contribution in [0.15, 0.2) is 30.3 Å². The number of rotatable bonds is 7. The zero-order valence-corrected chi connectivity index (χ0v) is 19.6. The van der Waals surface area contributed by atoms with Crippen LogP contribution in [-0.4, -0.2) is 47.6 Å². The van der Waals surface area contributed by atoms with E-state index < -0.39 is 0 Å². The third-order valence-corrected chi connectivity index (χ3v) is 8.01. The smallest absolute Gasteiger partial charge is 0.141 e. The lowest BCUT2D eigenvalue weighted by Gasteiger charge is -2.36. The fourth-order valence-corrected chi connectivity index (χ4v) is 6.25. The quantitative estimate of drug-likeness (QED) is 0.507. The van der Waals surface area contributed by atoms with Crippen molar-refractivity contribution in [2.24, 2.45) is 0 Å². The Morgan fingerprint density at radius 3 is 2.55 bits per heavy atom. The van der Waals surface area contributed by atoms with Gasteiger partial charge in [-0.1, -0.05) is 43.7 Å². The first-order valence-corrected chi connectivity index (χ1v) is 13.0. The maximum absolute atomic E-state index is 5.16. The van der Waals surface area contributed by atoms with E-state index in [4.69, 9.17) is 9.97 Å². The number of unbranched alkanes of at least 4 members (excludes halogenated alkanes) is 1. The summed E-state index contributed by atoms with van der Waals surface area (Å²) in [6.45, 7) is 7.77. The molecule has 0 unspecified atom stereocenters. The highest BCUT2D eigenvalue weighted by molar-refractivity contribution is 7.19. The minimum Gasteiger partial charge on any atom is -0.353 e. The molecule has 0 amide bonds. The monoisotopic (exact) mass is 434 g/mol. The fraction of sp³-hybridized carbons (Fsp3) is 0.538. The summed E-state index contributed by atoms with van der Waals surface area (Å²) in [4.78, 5) is 18.2. The lowest BCUT2D eigenvalue weighted by atomic mass is 9.97. The Balaban J connectivity index is 1.34. The molecule has 3 heterocycles. The van der Waals surface area contributed by atoms with Crippen molar-refractivity contribution in [1.29, 1.82) is 0 Å². The molecule has 0 radical (unpaired) electrons. The number of aryl methyl sites for hydroxylation is 3. The molecule has 0 spiro atoms. The summed E-state index contributed by atoms with van der Waals surface area (Å²) in [6.07, 6.45) is 9.57. The molecule has 31 heavy (non-hydrogen) atoms. The standard InChI is InChI=1S/C26H34N4S/c1-2-3-13-23-27-25(24-21-11-7-8-12-22(21)31-26(24)28-23)30-18-16-29(17-19-30)15-14-20-9-5-4-6-10-20/h4-6,9-10H,2-3,7-8,11-19H2,1H3. The first-order valence-electron chi connectivity index (χ1n) is 12.1. The number of fused-ring (bicyclic) bond motifs is 3. The van der Waals surface area contributed by atoms with Gasteiger partial charge in [0.05, 0.1) is 5.39 Å². The highest BCUT2D eigenvalue weighted by Crippen LogP contribution is 2.40. The van der Waals surface area contributed by atoms with Gasteiger partial charge in [0.2, 0.25) is 0 Å². The molecule has 2 aliphatic rings. The molecule has 1 fully saturated rings. The van der Waals surface area contributed by atoms with E-state index in [1.165, 1.54) is 60.1 Å². The molecule has 164 valence electrons. The van der Waals surface area contributed by atoms with Crippen molar-refractivity contribution in [2.45, 2.75) is 58.3 Å². The average Bonchev–Trinajstić information content (AvgIpc) is 3.20. The zero-order valence-electron chi connectivity index (χ0n) is 18.8. The Morgan fingerprint density at radius 1 is 0.935 bits per heavy atom. The number of hydrogen-bond donors (Lipinski definition) is 0. The van der Waals surface area contributed by atoms with Gasteiger partial charge in [-0.3, -0.25) is 4.90 Å². The molecule has 1 aliphatic heterocycles. The Hall–Kier alpha value is -1.98. The van der Waals surface area contributed by atoms with Crippen LogP contribution >= 0.6 is 11.3 Å². The molecule has 0 saturated carbocycles. The topological polar surface area (TPSA) is 32.3 Å². The van der Waals surface area contributed by atoms with Gasteiger partial charge in [0.25, 0.3) is 0 Å². The first-order chi connectivity index (χ1) is 15.3. The van der Waals surface area contributed by atoms with Gasteiger partial charge in [-0.15, -0.1) is 11.3 Å². The average molecular weight is 435 g/mol. The Morgan fingerprint density at radius 2 is 1.74 bits per heavy atom. The molecule has 5 rings (SSSR count). The summed E-state index contributed by atoms with van der Waals surface area (Å²) in [6, 6.07) is 10.9. The normalized spacial score (nSPS) is 17.3. The van der Waals surface area contributed by atoms with Crippen molar-refractivity contribution in [2.75, 3.05) is 37.6 Å². The molecule has 1 saturated heterocycles. The third-order valence-electron chi connectivity index (χ3n) is 6.83. The van der Waals surface area contributed by atoms with Crippen LogP contribution < -0.4 is 4.90 Å². The van der Waals surface area contributed by atoms with E-state index in [1.807, 2.05) is 11.3 Å². The van der Waals surface area contributed by atoms with Gasteiger partial charge in [-0.25, -0.2) is 9.97 Å². The molecule has 1 aliphatic carbocycles. The first kappa shape index (κ1) is 20.9. The lowest BCUT2D eigenvalue weighted by molar-refractivity contribution is 0.260. The number of piperazine rings is 1. The second-order valence-corrected chi connectivity index (χ2v) is 10.1. The molecule has 4 nitrogen and oxygen atoms in total. The minimum absolute atomic E-state index is 0.999. The molecule has 1 aromatic carbocycles. The zero-order chi connectivity index (χ0) is 21.0. The van der Waals surface area contributed by atoms with Crippen molar-refractivity contribution < 1.29 is 0 Å². The van der Waals surface area contributed by atoms with Crippen molar-refractivity contribution in [3.05, 3.63) is 52.2 Å². The SMILES string of the molecule is CCCCc1nc(N2CCN(CCc3ccccc3)CC2)c2c3c(sc2n1)CCCC3. The van der Waals surface area contributed by atoms with E-state index in [0.29, 0.717) is 0 Å². The number of aromatic nitrogens is 2. The van der Waals surface area contributed by atoms with Crippen LogP contribution in [0.2, 0.25) is 0 Å². The number of thiophene rings is 1. The predicted octanol–water partition coefficient (Wildman–Crippen LogP) is 5.28. The van der Waals surface area contributed by atoms with Crippen molar-refractivity contribution in [3.8, 4) is 0 Å². The Kier molecular flexibility index (Phi) is 6.51. The second kappa shape index (κ2) is 9.66. The van der Waals surface area contributed by atoms with Crippen molar-refractivity contribution in [3.63, 3.8) is 0 Å². The molecular weight excluding hydrogens is 400 g/mol. The molecular formula is C26H34N4S. The predicted molar refractivity (Wildman–Crippen MR) is 131 cm³/mol. The number of anilines is 1. The van der Waals surface area contributed by atoms with E-state index in [-0.39, 0.29) is 0 Å². The van der Waals surface area contributed by atoms with Crippen molar-refractivity contribution >= 4 is 27.4 Å². The minimum atomic E-state index is 0.999. The van der Waals surface area contributed by atoms with Gasteiger partial charge in [0.1, 0.15) is 16.5 Å². The van der Waals surface area contributed by atoms with E-state index in [1.54, 1.807) is 10.4 Å². The van der Waals surface area contributed by atoms with E-state index in [2.05, 4.69) is 47.1 Å². The van der Waals surface area contributed by atoms with Gasteiger partial charge in [-0.05, 0) is 49.7 Å². The lowest BCUT2D eigenvalue weighted by Crippen LogP contribution is -2.47. The highest BCUT2D eigenvalue weighted by Gasteiger charge is 2.26. The van der Waals surface area contributed by atoms with E-state index >= 15 is 0 Å².